The molecule has 0 radical (unpaired) electrons. The van der Waals surface area contributed by atoms with E-state index in [4.69, 9.17) is 9.47 Å². The van der Waals surface area contributed by atoms with Crippen LogP contribution in [0.25, 0.3) is 0 Å². The summed E-state index contributed by atoms with van der Waals surface area (Å²) in [4.78, 5) is 13.1. The average molecular weight is 1080 g/mol. The Hall–Kier alpha value is -1.37. The number of carbonyl (C=O) groups is 1. The molecule has 0 saturated carbocycles. The van der Waals surface area contributed by atoms with Crippen molar-refractivity contribution in [1.29, 1.82) is 0 Å². The minimum atomic E-state index is -1.61. The van der Waals surface area contributed by atoms with Crippen LogP contribution in [0.5, 0.6) is 0 Å². The molecule has 1 aliphatic rings. The first kappa shape index (κ1) is 72.6. The number of rotatable bonds is 58. The van der Waals surface area contributed by atoms with Gasteiger partial charge in [-0.3, -0.25) is 4.79 Å². The van der Waals surface area contributed by atoms with Gasteiger partial charge < -0.3 is 45.4 Å². The molecule has 10 heteroatoms. The molecule has 0 spiro atoms. The minimum Gasteiger partial charge on any atom is -0.394 e. The summed E-state index contributed by atoms with van der Waals surface area (Å²) in [5, 5.41) is 65.1. The van der Waals surface area contributed by atoms with Crippen LogP contribution in [0.1, 0.15) is 328 Å². The van der Waals surface area contributed by atoms with Gasteiger partial charge in [0.05, 0.1) is 25.4 Å². The Morgan fingerprint density at radius 1 is 0.447 bits per heavy atom. The Balaban J connectivity index is 2.09. The van der Waals surface area contributed by atoms with Gasteiger partial charge in [0.25, 0.3) is 0 Å². The fourth-order valence-corrected chi connectivity index (χ4v) is 10.8. The molecule has 1 heterocycles. The fourth-order valence-electron chi connectivity index (χ4n) is 10.8. The predicted molar refractivity (Wildman–Crippen MR) is 320 cm³/mol. The smallest absolute Gasteiger partial charge is 0.249 e. The monoisotopic (exact) mass is 1080 g/mol. The first-order valence-corrected chi connectivity index (χ1v) is 33.2. The summed E-state index contributed by atoms with van der Waals surface area (Å²) in [5.41, 5.74) is 0. The number of nitrogens with one attached hydrogen (secondary N) is 1. The summed E-state index contributed by atoms with van der Waals surface area (Å²) in [6, 6.07) is -0.995. The van der Waals surface area contributed by atoms with E-state index in [1.165, 1.54) is 263 Å². The van der Waals surface area contributed by atoms with E-state index in [-0.39, 0.29) is 6.61 Å². The molecular weight excluding hydrogens is 951 g/mol. The van der Waals surface area contributed by atoms with Crippen LogP contribution in [-0.4, -0.2) is 98.7 Å². The van der Waals surface area contributed by atoms with Gasteiger partial charge in [-0.25, -0.2) is 0 Å². The normalized spacial score (nSPS) is 19.3. The van der Waals surface area contributed by atoms with Crippen molar-refractivity contribution in [3.63, 3.8) is 0 Å². The summed E-state index contributed by atoms with van der Waals surface area (Å²) < 4.78 is 11.2. The zero-order chi connectivity index (χ0) is 55.2. The topological polar surface area (TPSA) is 169 Å². The maximum atomic E-state index is 13.1. The number of aliphatic hydroxyl groups excluding tert-OH is 6. The zero-order valence-corrected chi connectivity index (χ0v) is 49.9. The van der Waals surface area contributed by atoms with Crippen LogP contribution in [0.2, 0.25) is 0 Å². The van der Waals surface area contributed by atoms with Crippen LogP contribution >= 0.6 is 0 Å². The number of aliphatic hydroxyl groups is 6. The van der Waals surface area contributed by atoms with E-state index in [0.717, 1.165) is 38.5 Å². The molecule has 1 saturated heterocycles. The van der Waals surface area contributed by atoms with Gasteiger partial charge >= 0.3 is 0 Å². The minimum absolute atomic E-state index is 0.309. The average Bonchev–Trinajstić information content (AvgIpc) is 3.42. The van der Waals surface area contributed by atoms with Crippen molar-refractivity contribution < 1.29 is 44.9 Å². The third-order valence-corrected chi connectivity index (χ3v) is 16.1. The first-order valence-electron chi connectivity index (χ1n) is 33.2. The molecule has 10 nitrogen and oxygen atoms in total. The molecule has 8 atom stereocenters. The highest BCUT2D eigenvalue weighted by atomic mass is 16.7. The zero-order valence-electron chi connectivity index (χ0n) is 49.9. The lowest BCUT2D eigenvalue weighted by Crippen LogP contribution is -2.60. The molecule has 0 bridgehead atoms. The summed E-state index contributed by atoms with van der Waals surface area (Å²) in [5.74, 6) is -0.620. The van der Waals surface area contributed by atoms with Crippen molar-refractivity contribution in [2.45, 2.75) is 377 Å². The van der Waals surface area contributed by atoms with Crippen molar-refractivity contribution in [3.8, 4) is 0 Å². The molecule has 76 heavy (non-hydrogen) atoms. The van der Waals surface area contributed by atoms with Crippen LogP contribution in [0.4, 0.5) is 0 Å². The van der Waals surface area contributed by atoms with Gasteiger partial charge in [0.1, 0.15) is 30.5 Å². The van der Waals surface area contributed by atoms with E-state index in [1.807, 2.05) is 6.08 Å². The highest BCUT2D eigenvalue weighted by Crippen LogP contribution is 2.23. The summed E-state index contributed by atoms with van der Waals surface area (Å²) in [7, 11) is 0. The standard InChI is InChI=1S/C66H127NO9/c1-3-5-7-9-11-13-15-17-19-20-21-22-23-24-25-26-27-28-29-30-31-32-33-34-35-36-37-38-39-41-43-45-47-49-51-53-55-60(70)65(74)67-58(57-75-66-64(73)63(72)62(71)61(56-68)76-66)59(69)54-52-50-48-46-44-42-40-18-16-14-12-10-8-6-4-2/h44,46,52,54,58-64,66,68-73H,3-43,45,47-51,53,55-57H2,1-2H3,(H,67,74)/b46-44+,54-52+. The van der Waals surface area contributed by atoms with E-state index in [0.29, 0.717) is 12.8 Å². The summed E-state index contributed by atoms with van der Waals surface area (Å²) >= 11 is 0. The number of ether oxygens (including phenoxy) is 2. The summed E-state index contributed by atoms with van der Waals surface area (Å²) in [6.07, 6.45) is 61.9. The van der Waals surface area contributed by atoms with Gasteiger partial charge in [0.2, 0.25) is 5.91 Å². The number of amides is 1. The Morgan fingerprint density at radius 2 is 0.776 bits per heavy atom. The van der Waals surface area contributed by atoms with Crippen LogP contribution in [0, 0.1) is 0 Å². The van der Waals surface area contributed by atoms with Gasteiger partial charge in [-0.2, -0.15) is 0 Å². The molecule has 1 rings (SSSR count). The molecule has 7 N–H and O–H groups in total. The lowest BCUT2D eigenvalue weighted by atomic mass is 9.99. The number of hydrogen-bond donors (Lipinski definition) is 7. The Bertz CT molecular complexity index is 1270. The summed E-state index contributed by atoms with van der Waals surface area (Å²) in [6.45, 7) is 3.63. The molecule has 1 fully saturated rings. The number of unbranched alkanes of at least 4 members (excludes halogenated alkanes) is 45. The third kappa shape index (κ3) is 43.4. The number of hydrogen-bond acceptors (Lipinski definition) is 9. The third-order valence-electron chi connectivity index (χ3n) is 16.1. The molecular formula is C66H127NO9. The van der Waals surface area contributed by atoms with E-state index in [1.54, 1.807) is 6.08 Å². The van der Waals surface area contributed by atoms with E-state index < -0.39 is 61.5 Å². The molecule has 1 amide bonds. The second kappa shape index (κ2) is 55.5. The van der Waals surface area contributed by atoms with Crippen LogP contribution in [0.15, 0.2) is 24.3 Å². The lowest BCUT2D eigenvalue weighted by molar-refractivity contribution is -0.302. The Morgan fingerprint density at radius 3 is 1.14 bits per heavy atom. The molecule has 1 aliphatic heterocycles. The second-order valence-corrected chi connectivity index (χ2v) is 23.4. The Labute approximate surface area is 469 Å². The number of carbonyl (C=O) groups excluding carboxylic acids is 1. The van der Waals surface area contributed by atoms with E-state index >= 15 is 0 Å². The highest BCUT2D eigenvalue weighted by Gasteiger charge is 2.44. The number of allylic oxidation sites excluding steroid dienone is 3. The first-order chi connectivity index (χ1) is 37.3. The van der Waals surface area contributed by atoms with E-state index in [9.17, 15) is 35.4 Å². The maximum Gasteiger partial charge on any atom is 0.249 e. The molecule has 0 aromatic heterocycles. The largest absolute Gasteiger partial charge is 0.394 e. The van der Waals surface area contributed by atoms with Gasteiger partial charge in [0.15, 0.2) is 6.29 Å². The molecule has 0 aromatic rings. The lowest BCUT2D eigenvalue weighted by Gasteiger charge is -2.40. The van der Waals surface area contributed by atoms with Crippen LogP contribution in [0.3, 0.4) is 0 Å². The van der Waals surface area contributed by atoms with Gasteiger partial charge in [0, 0.05) is 0 Å². The van der Waals surface area contributed by atoms with Crippen molar-refractivity contribution in [1.82, 2.24) is 5.32 Å². The second-order valence-electron chi connectivity index (χ2n) is 23.4. The fraction of sp³-hybridized carbons (Fsp3) is 0.924. The van der Waals surface area contributed by atoms with Crippen LogP contribution < -0.4 is 5.32 Å². The molecule has 450 valence electrons. The van der Waals surface area contributed by atoms with Gasteiger partial charge in [-0.15, -0.1) is 0 Å². The van der Waals surface area contributed by atoms with Crippen molar-refractivity contribution in [2.24, 2.45) is 0 Å². The van der Waals surface area contributed by atoms with Gasteiger partial charge in [-0.1, -0.05) is 321 Å². The Kier molecular flexibility index (Phi) is 53.1. The molecule has 0 aliphatic carbocycles. The predicted octanol–water partition coefficient (Wildman–Crippen LogP) is 16.3. The molecule has 8 unspecified atom stereocenters. The van der Waals surface area contributed by atoms with Crippen molar-refractivity contribution in [3.05, 3.63) is 24.3 Å². The van der Waals surface area contributed by atoms with E-state index in [2.05, 4.69) is 31.3 Å². The highest BCUT2D eigenvalue weighted by molar-refractivity contribution is 5.80. The molecule has 0 aromatic carbocycles. The quantitative estimate of drug-likeness (QED) is 0.0232. The SMILES string of the molecule is CCCCCCCCCCC/C=C/CC/C=C/C(O)C(COC1OC(CO)C(O)C(O)C1O)NC(=O)C(O)CCCCCCCCCCCCCCCCCCCCCCCCCCCCCCCCCCCCCC. The van der Waals surface area contributed by atoms with Crippen molar-refractivity contribution in [2.75, 3.05) is 13.2 Å². The van der Waals surface area contributed by atoms with Gasteiger partial charge in [-0.05, 0) is 32.1 Å². The van der Waals surface area contributed by atoms with Crippen LogP contribution in [-0.2, 0) is 14.3 Å². The van der Waals surface area contributed by atoms with Crippen molar-refractivity contribution >= 4 is 5.91 Å². The maximum absolute atomic E-state index is 13.1.